The molecule has 0 saturated carbocycles. The topological polar surface area (TPSA) is 36.4 Å². The fourth-order valence-corrected chi connectivity index (χ4v) is 3.29. The van der Waals surface area contributed by atoms with Crippen molar-refractivity contribution in [1.29, 1.82) is 0 Å². The van der Waals surface area contributed by atoms with Crippen molar-refractivity contribution in [3.63, 3.8) is 0 Å². The number of nitrogens with zero attached hydrogens (tertiary/aromatic N) is 3. The number of hydrogen-bond acceptors (Lipinski definition) is 3. The fourth-order valence-electron chi connectivity index (χ4n) is 2.87. The van der Waals surface area contributed by atoms with Crippen molar-refractivity contribution in [1.82, 2.24) is 14.8 Å². The van der Waals surface area contributed by atoms with Crippen LogP contribution in [0.4, 0.5) is 0 Å². The lowest BCUT2D eigenvalue weighted by Crippen LogP contribution is -2.50. The average Bonchev–Trinajstić information content (AvgIpc) is 2.71. The van der Waals surface area contributed by atoms with Crippen molar-refractivity contribution >= 4 is 21.8 Å². The van der Waals surface area contributed by atoms with E-state index >= 15 is 0 Å². The Hall–Kier alpha value is -0.940. The summed E-state index contributed by atoms with van der Waals surface area (Å²) in [7, 11) is 0. The van der Waals surface area contributed by atoms with Gasteiger partial charge >= 0.3 is 0 Å². The molecular formula is C13H16BrN3O. The number of fused-ring (bicyclic) bond motifs is 1. The second-order valence-electron chi connectivity index (χ2n) is 5.03. The van der Waals surface area contributed by atoms with E-state index in [2.05, 4.69) is 36.8 Å². The summed E-state index contributed by atoms with van der Waals surface area (Å²) in [6.45, 7) is 3.77. The van der Waals surface area contributed by atoms with Crippen LogP contribution in [0.3, 0.4) is 0 Å². The smallest absolute Gasteiger partial charge is 0.222 e. The van der Waals surface area contributed by atoms with Crippen LogP contribution in [0.25, 0.3) is 0 Å². The number of amides is 1. The molecular weight excluding hydrogens is 294 g/mol. The Balaban J connectivity index is 1.64. The van der Waals surface area contributed by atoms with Crippen molar-refractivity contribution < 1.29 is 4.79 Å². The van der Waals surface area contributed by atoms with Gasteiger partial charge in [-0.1, -0.05) is 0 Å². The third-order valence-corrected chi connectivity index (χ3v) is 4.18. The zero-order valence-electron chi connectivity index (χ0n) is 10.2. The standard InChI is InChI=1S/C13H16BrN3O/c14-11-5-10(6-15-7-11)8-16-3-4-17-12(9-16)1-2-13(17)18/h5-7,12H,1-4,8-9H2. The maximum absolute atomic E-state index is 11.6. The lowest BCUT2D eigenvalue weighted by atomic mass is 10.1. The second-order valence-corrected chi connectivity index (χ2v) is 5.94. The Morgan fingerprint density at radius 1 is 1.39 bits per heavy atom. The van der Waals surface area contributed by atoms with Crippen LogP contribution in [-0.2, 0) is 11.3 Å². The molecule has 3 heterocycles. The molecule has 2 aliphatic heterocycles. The molecule has 1 atom stereocenters. The highest BCUT2D eigenvalue weighted by molar-refractivity contribution is 9.10. The molecule has 1 aromatic heterocycles. The molecule has 0 spiro atoms. The van der Waals surface area contributed by atoms with Gasteiger partial charge < -0.3 is 4.90 Å². The highest BCUT2D eigenvalue weighted by atomic mass is 79.9. The van der Waals surface area contributed by atoms with Gasteiger partial charge in [-0.2, -0.15) is 0 Å². The van der Waals surface area contributed by atoms with E-state index in [1.165, 1.54) is 5.56 Å². The number of pyridine rings is 1. The fraction of sp³-hybridized carbons (Fsp3) is 0.538. The maximum Gasteiger partial charge on any atom is 0.222 e. The number of hydrogen-bond donors (Lipinski definition) is 0. The summed E-state index contributed by atoms with van der Waals surface area (Å²) in [5.41, 5.74) is 1.22. The molecule has 18 heavy (non-hydrogen) atoms. The lowest BCUT2D eigenvalue weighted by molar-refractivity contribution is -0.130. The van der Waals surface area contributed by atoms with Crippen molar-refractivity contribution in [3.05, 3.63) is 28.5 Å². The van der Waals surface area contributed by atoms with Gasteiger partial charge in [0.25, 0.3) is 0 Å². The van der Waals surface area contributed by atoms with Crippen LogP contribution < -0.4 is 0 Å². The highest BCUT2D eigenvalue weighted by Crippen LogP contribution is 2.23. The Bertz CT molecular complexity index is 465. The molecule has 96 valence electrons. The van der Waals surface area contributed by atoms with Crippen molar-refractivity contribution in [2.75, 3.05) is 19.6 Å². The Kier molecular flexibility index (Phi) is 3.35. The molecule has 3 rings (SSSR count). The van der Waals surface area contributed by atoms with Gasteiger partial charge in [-0.05, 0) is 34.0 Å². The predicted octanol–water partition coefficient (Wildman–Crippen LogP) is 1.65. The minimum atomic E-state index is 0.337. The minimum absolute atomic E-state index is 0.337. The van der Waals surface area contributed by atoms with E-state index in [0.29, 0.717) is 11.9 Å². The van der Waals surface area contributed by atoms with E-state index in [-0.39, 0.29) is 0 Å². The molecule has 4 nitrogen and oxygen atoms in total. The first-order valence-corrected chi connectivity index (χ1v) is 7.13. The summed E-state index contributed by atoms with van der Waals surface area (Å²) in [6, 6.07) is 2.55. The molecule has 2 aliphatic rings. The molecule has 0 N–H and O–H groups in total. The number of rotatable bonds is 2. The van der Waals surface area contributed by atoms with Crippen LogP contribution in [0, 0.1) is 0 Å². The molecule has 2 fully saturated rings. The third kappa shape index (κ3) is 2.42. The first kappa shape index (κ1) is 12.1. The highest BCUT2D eigenvalue weighted by Gasteiger charge is 2.35. The van der Waals surface area contributed by atoms with Crippen LogP contribution in [-0.4, -0.2) is 46.4 Å². The number of halogens is 1. The van der Waals surface area contributed by atoms with E-state index in [0.717, 1.165) is 43.5 Å². The van der Waals surface area contributed by atoms with Gasteiger partial charge in [0, 0.05) is 55.5 Å². The lowest BCUT2D eigenvalue weighted by Gasteiger charge is -2.37. The van der Waals surface area contributed by atoms with Crippen LogP contribution in [0.15, 0.2) is 22.9 Å². The minimum Gasteiger partial charge on any atom is -0.337 e. The second kappa shape index (κ2) is 4.97. The summed E-state index contributed by atoms with van der Waals surface area (Å²) in [4.78, 5) is 20.3. The van der Waals surface area contributed by atoms with Gasteiger partial charge in [0.15, 0.2) is 0 Å². The number of aromatic nitrogens is 1. The largest absolute Gasteiger partial charge is 0.337 e. The molecule has 1 amide bonds. The summed E-state index contributed by atoms with van der Waals surface area (Å²) >= 11 is 3.45. The van der Waals surface area contributed by atoms with Gasteiger partial charge in [-0.3, -0.25) is 14.7 Å². The number of piperazine rings is 1. The summed E-state index contributed by atoms with van der Waals surface area (Å²) < 4.78 is 1.02. The third-order valence-electron chi connectivity index (χ3n) is 3.75. The van der Waals surface area contributed by atoms with Gasteiger partial charge in [-0.25, -0.2) is 0 Å². The van der Waals surface area contributed by atoms with E-state index in [1.807, 2.05) is 6.20 Å². The van der Waals surface area contributed by atoms with Crippen LogP contribution in [0.1, 0.15) is 18.4 Å². The van der Waals surface area contributed by atoms with E-state index in [4.69, 9.17) is 0 Å². The summed E-state index contributed by atoms with van der Waals surface area (Å²) in [6.07, 6.45) is 5.47. The Labute approximate surface area is 115 Å². The monoisotopic (exact) mass is 309 g/mol. The molecule has 0 radical (unpaired) electrons. The molecule has 0 aliphatic carbocycles. The van der Waals surface area contributed by atoms with Gasteiger partial charge in [0.05, 0.1) is 0 Å². The zero-order valence-corrected chi connectivity index (χ0v) is 11.8. The Morgan fingerprint density at radius 3 is 3.11 bits per heavy atom. The molecule has 5 heteroatoms. The SMILES string of the molecule is O=C1CCC2CN(Cc3cncc(Br)c3)CCN12. The predicted molar refractivity (Wildman–Crippen MR) is 71.9 cm³/mol. The van der Waals surface area contributed by atoms with Crippen LogP contribution >= 0.6 is 15.9 Å². The number of carbonyl (C=O) groups is 1. The van der Waals surface area contributed by atoms with Gasteiger partial charge in [-0.15, -0.1) is 0 Å². The van der Waals surface area contributed by atoms with Gasteiger partial charge in [0.2, 0.25) is 5.91 Å². The first-order chi connectivity index (χ1) is 8.72. The van der Waals surface area contributed by atoms with E-state index in [1.54, 1.807) is 6.20 Å². The average molecular weight is 310 g/mol. The van der Waals surface area contributed by atoms with Crippen LogP contribution in [0.2, 0.25) is 0 Å². The summed E-state index contributed by atoms with van der Waals surface area (Å²) in [5.74, 6) is 0.337. The molecule has 0 aromatic carbocycles. The van der Waals surface area contributed by atoms with Crippen LogP contribution in [0.5, 0.6) is 0 Å². The van der Waals surface area contributed by atoms with Gasteiger partial charge in [0.1, 0.15) is 0 Å². The Morgan fingerprint density at radius 2 is 2.28 bits per heavy atom. The normalized spacial score (nSPS) is 24.4. The number of carbonyl (C=O) groups excluding carboxylic acids is 1. The summed E-state index contributed by atoms with van der Waals surface area (Å²) in [5, 5.41) is 0. The van der Waals surface area contributed by atoms with Crippen molar-refractivity contribution in [2.24, 2.45) is 0 Å². The van der Waals surface area contributed by atoms with Crippen molar-refractivity contribution in [2.45, 2.75) is 25.4 Å². The maximum atomic E-state index is 11.6. The quantitative estimate of drug-likeness (QED) is 0.833. The first-order valence-electron chi connectivity index (χ1n) is 6.33. The van der Waals surface area contributed by atoms with E-state index < -0.39 is 0 Å². The van der Waals surface area contributed by atoms with E-state index in [9.17, 15) is 4.79 Å². The molecule has 1 aromatic rings. The molecule has 0 bridgehead atoms. The zero-order chi connectivity index (χ0) is 12.5. The van der Waals surface area contributed by atoms with Crippen molar-refractivity contribution in [3.8, 4) is 0 Å². The molecule has 1 unspecified atom stereocenters. The molecule has 2 saturated heterocycles.